The van der Waals surface area contributed by atoms with Gasteiger partial charge in [-0.05, 0) is 43.7 Å². The number of aryl methyl sites for hydroxylation is 1. The largest absolute Gasteiger partial charge is 0.460 e. The Morgan fingerprint density at radius 3 is 2.48 bits per heavy atom. The van der Waals surface area contributed by atoms with Gasteiger partial charge in [0.25, 0.3) is 5.91 Å². The first kappa shape index (κ1) is 21.1. The van der Waals surface area contributed by atoms with E-state index in [9.17, 15) is 9.59 Å². The van der Waals surface area contributed by atoms with Crippen molar-refractivity contribution in [1.82, 2.24) is 10.3 Å². The number of hydrogen-bond acceptors (Lipinski definition) is 4. The molecule has 1 heterocycles. The molecule has 1 aromatic heterocycles. The van der Waals surface area contributed by atoms with Crippen LogP contribution in [-0.2, 0) is 9.47 Å². The summed E-state index contributed by atoms with van der Waals surface area (Å²) in [5.41, 5.74) is 3.20. The third kappa shape index (κ3) is 4.88. The third-order valence-electron chi connectivity index (χ3n) is 5.71. The topological polar surface area (TPSA) is 80.4 Å². The highest BCUT2D eigenvalue weighted by Gasteiger charge is 2.30. The molecule has 1 saturated carbocycles. The van der Waals surface area contributed by atoms with Gasteiger partial charge in [-0.2, -0.15) is 0 Å². The van der Waals surface area contributed by atoms with Gasteiger partial charge in [0, 0.05) is 12.8 Å². The molecule has 1 unspecified atom stereocenters. The van der Waals surface area contributed by atoms with Gasteiger partial charge < -0.3 is 19.8 Å². The van der Waals surface area contributed by atoms with Gasteiger partial charge in [-0.15, -0.1) is 0 Å². The van der Waals surface area contributed by atoms with Gasteiger partial charge in [0.05, 0.1) is 18.2 Å². The van der Waals surface area contributed by atoms with Crippen LogP contribution in [0.25, 0.3) is 0 Å². The molecule has 2 N–H and O–H groups in total. The van der Waals surface area contributed by atoms with E-state index in [0.717, 1.165) is 18.4 Å². The maximum absolute atomic E-state index is 13.1. The lowest BCUT2D eigenvalue weighted by Crippen LogP contribution is -2.33. The average molecular weight is 399 g/mol. The molecular formula is C23H30N2O4. The van der Waals surface area contributed by atoms with Crippen LogP contribution in [0.1, 0.15) is 69.4 Å². The number of carbonyl (C=O) groups excluding carboxylic acids is 2. The van der Waals surface area contributed by atoms with Gasteiger partial charge in [-0.1, -0.05) is 43.2 Å². The van der Waals surface area contributed by atoms with Crippen molar-refractivity contribution in [3.63, 3.8) is 0 Å². The molecule has 1 aromatic carbocycles. The molecule has 1 fully saturated rings. The summed E-state index contributed by atoms with van der Waals surface area (Å²) in [5, 5.41) is 3.22. The molecule has 6 nitrogen and oxygen atoms in total. The second-order valence-corrected chi connectivity index (χ2v) is 7.66. The number of aromatic amines is 1. The number of H-pyrrole nitrogens is 1. The van der Waals surface area contributed by atoms with Crippen LogP contribution >= 0.6 is 0 Å². The smallest absolute Gasteiger partial charge is 0.340 e. The summed E-state index contributed by atoms with van der Waals surface area (Å²) in [4.78, 5) is 28.6. The van der Waals surface area contributed by atoms with E-state index in [0.29, 0.717) is 35.0 Å². The molecular weight excluding hydrogens is 368 g/mol. The zero-order valence-corrected chi connectivity index (χ0v) is 17.4. The molecule has 3 rings (SSSR count). The maximum atomic E-state index is 13.1. The number of carbonyl (C=O) groups is 2. The summed E-state index contributed by atoms with van der Waals surface area (Å²) in [6.45, 7) is 4.07. The maximum Gasteiger partial charge on any atom is 0.340 e. The highest BCUT2D eigenvalue weighted by Crippen LogP contribution is 2.36. The second kappa shape index (κ2) is 9.74. The minimum absolute atomic E-state index is 0.0358. The van der Waals surface area contributed by atoms with Crippen LogP contribution in [0.2, 0.25) is 0 Å². The van der Waals surface area contributed by atoms with Crippen molar-refractivity contribution in [1.29, 1.82) is 0 Å². The number of amides is 1. The van der Waals surface area contributed by atoms with Gasteiger partial charge >= 0.3 is 5.97 Å². The van der Waals surface area contributed by atoms with Crippen molar-refractivity contribution in [2.45, 2.75) is 45.6 Å². The lowest BCUT2D eigenvalue weighted by molar-refractivity contribution is 0.0387. The SMILES string of the molecule is COCCOC(=O)c1c(C)[nH]c(C(=O)NC(c2ccccc2)C2CCCC2)c1C. The van der Waals surface area contributed by atoms with Crippen LogP contribution in [0.4, 0.5) is 0 Å². The van der Waals surface area contributed by atoms with Crippen molar-refractivity contribution in [2.75, 3.05) is 20.3 Å². The van der Waals surface area contributed by atoms with E-state index < -0.39 is 5.97 Å². The van der Waals surface area contributed by atoms with Crippen molar-refractivity contribution in [3.05, 3.63) is 58.4 Å². The minimum Gasteiger partial charge on any atom is -0.460 e. The second-order valence-electron chi connectivity index (χ2n) is 7.66. The number of esters is 1. The highest BCUT2D eigenvalue weighted by molar-refractivity contribution is 6.00. The molecule has 1 aliphatic rings. The van der Waals surface area contributed by atoms with Crippen molar-refractivity contribution >= 4 is 11.9 Å². The van der Waals surface area contributed by atoms with E-state index in [1.54, 1.807) is 21.0 Å². The number of aromatic nitrogens is 1. The van der Waals surface area contributed by atoms with Gasteiger partial charge in [-0.3, -0.25) is 4.79 Å². The normalized spacial score (nSPS) is 15.3. The zero-order chi connectivity index (χ0) is 20.8. The number of ether oxygens (including phenoxy) is 2. The lowest BCUT2D eigenvalue weighted by atomic mass is 9.91. The van der Waals surface area contributed by atoms with Crippen molar-refractivity contribution in [3.8, 4) is 0 Å². The molecule has 0 bridgehead atoms. The van der Waals surface area contributed by atoms with Gasteiger partial charge in [0.15, 0.2) is 0 Å². The zero-order valence-electron chi connectivity index (χ0n) is 17.4. The quantitative estimate of drug-likeness (QED) is 0.518. The van der Waals surface area contributed by atoms with Crippen LogP contribution in [-0.4, -0.2) is 37.2 Å². The predicted molar refractivity (Wildman–Crippen MR) is 111 cm³/mol. The number of nitrogens with one attached hydrogen (secondary N) is 2. The first-order chi connectivity index (χ1) is 14.0. The molecule has 0 saturated heterocycles. The Balaban J connectivity index is 1.80. The van der Waals surface area contributed by atoms with E-state index in [1.807, 2.05) is 18.2 Å². The van der Waals surface area contributed by atoms with E-state index >= 15 is 0 Å². The van der Waals surface area contributed by atoms with Gasteiger partial charge in [-0.25, -0.2) is 4.79 Å². The molecule has 0 aliphatic heterocycles. The van der Waals surface area contributed by atoms with Gasteiger partial charge in [0.2, 0.25) is 0 Å². The lowest BCUT2D eigenvalue weighted by Gasteiger charge is -2.25. The summed E-state index contributed by atoms with van der Waals surface area (Å²) in [7, 11) is 1.55. The first-order valence-corrected chi connectivity index (χ1v) is 10.2. The number of benzene rings is 1. The molecule has 0 spiro atoms. The van der Waals surface area contributed by atoms with Crippen LogP contribution < -0.4 is 5.32 Å². The van der Waals surface area contributed by atoms with Gasteiger partial charge in [0.1, 0.15) is 12.3 Å². The Morgan fingerprint density at radius 2 is 1.83 bits per heavy atom. The van der Waals surface area contributed by atoms with Crippen molar-refractivity contribution in [2.24, 2.45) is 5.92 Å². The molecule has 1 amide bonds. The molecule has 2 aromatic rings. The Hall–Kier alpha value is -2.60. The molecule has 1 atom stereocenters. The Labute approximate surface area is 172 Å². The van der Waals surface area contributed by atoms with Crippen LogP contribution in [0.15, 0.2) is 30.3 Å². The van der Waals surface area contributed by atoms with E-state index in [4.69, 9.17) is 9.47 Å². The van der Waals surface area contributed by atoms with E-state index in [-0.39, 0.29) is 18.6 Å². The number of methoxy groups -OCH3 is 1. The fourth-order valence-electron chi connectivity index (χ4n) is 4.21. The predicted octanol–water partition coefficient (Wildman–Crippen LogP) is 4.10. The summed E-state index contributed by atoms with van der Waals surface area (Å²) >= 11 is 0. The van der Waals surface area contributed by atoms with Crippen molar-refractivity contribution < 1.29 is 19.1 Å². The van der Waals surface area contributed by atoms with E-state index in [2.05, 4.69) is 22.4 Å². The first-order valence-electron chi connectivity index (χ1n) is 10.2. The molecule has 29 heavy (non-hydrogen) atoms. The van der Waals surface area contributed by atoms with Crippen LogP contribution in [0.5, 0.6) is 0 Å². The summed E-state index contributed by atoms with van der Waals surface area (Å²) in [6, 6.07) is 10.1. The molecule has 6 heteroatoms. The molecule has 0 radical (unpaired) electrons. The Kier molecular flexibility index (Phi) is 7.09. The Bertz CT molecular complexity index is 838. The van der Waals surface area contributed by atoms with E-state index in [1.165, 1.54) is 12.8 Å². The number of rotatable bonds is 8. The highest BCUT2D eigenvalue weighted by atomic mass is 16.6. The summed E-state index contributed by atoms with van der Waals surface area (Å²) in [5.74, 6) is -0.207. The fourth-order valence-corrected chi connectivity index (χ4v) is 4.21. The number of hydrogen-bond donors (Lipinski definition) is 2. The molecule has 156 valence electrons. The Morgan fingerprint density at radius 1 is 1.14 bits per heavy atom. The van der Waals surface area contributed by atoms with Crippen LogP contribution in [0, 0.1) is 19.8 Å². The van der Waals surface area contributed by atoms with Crippen LogP contribution in [0.3, 0.4) is 0 Å². The minimum atomic E-state index is -0.442. The summed E-state index contributed by atoms with van der Waals surface area (Å²) in [6.07, 6.45) is 4.61. The standard InChI is InChI=1S/C23H30N2O4/c1-15-19(23(27)29-14-13-28-3)16(2)24-20(15)22(26)25-21(18-11-7-8-12-18)17-9-5-4-6-10-17/h4-6,9-10,18,21,24H,7-8,11-14H2,1-3H3,(H,25,26). The third-order valence-corrected chi connectivity index (χ3v) is 5.71. The monoisotopic (exact) mass is 398 g/mol. The fraction of sp³-hybridized carbons (Fsp3) is 0.478. The molecule has 1 aliphatic carbocycles. The average Bonchev–Trinajstić information content (AvgIpc) is 3.35. The summed E-state index contributed by atoms with van der Waals surface area (Å²) < 4.78 is 10.2.